The van der Waals surface area contributed by atoms with Gasteiger partial charge < -0.3 is 0 Å². The van der Waals surface area contributed by atoms with Gasteiger partial charge in [-0.25, -0.2) is 4.98 Å². The maximum Gasteiger partial charge on any atom is 0.281 e. The van der Waals surface area contributed by atoms with Crippen molar-refractivity contribution in [2.45, 2.75) is 18.8 Å². The van der Waals surface area contributed by atoms with E-state index in [9.17, 15) is 8.42 Å². The smallest absolute Gasteiger partial charge is 0.281 e. The minimum atomic E-state index is -3.42. The first-order chi connectivity index (χ1) is 13.4. The standard InChI is InChI=1S/C19H22ClN5O2S/c1-23(2)28(26,27)24-10-4-5-14(12-24)16-6-3-7-17(22-16)18-11-21-19-9-8-15(20)13-25(18)19/h3,6-9,11,13-14H,4-5,10,12H2,1-2H3. The minimum Gasteiger partial charge on any atom is -0.297 e. The van der Waals surface area contributed by atoms with Gasteiger partial charge in [-0.2, -0.15) is 17.0 Å². The minimum absolute atomic E-state index is 0.0613. The number of pyridine rings is 2. The van der Waals surface area contributed by atoms with Crippen LogP contribution in [0.5, 0.6) is 0 Å². The van der Waals surface area contributed by atoms with Gasteiger partial charge in [0.05, 0.1) is 22.6 Å². The van der Waals surface area contributed by atoms with E-state index in [1.54, 1.807) is 30.7 Å². The van der Waals surface area contributed by atoms with Crippen molar-refractivity contribution in [1.82, 2.24) is 23.0 Å². The number of rotatable bonds is 4. The summed E-state index contributed by atoms with van der Waals surface area (Å²) in [4.78, 5) is 9.25. The molecule has 1 aliphatic rings. The lowest BCUT2D eigenvalue weighted by Crippen LogP contribution is -2.45. The fourth-order valence-electron chi connectivity index (χ4n) is 3.59. The Morgan fingerprint density at radius 3 is 2.82 bits per heavy atom. The number of aromatic nitrogens is 3. The van der Waals surface area contributed by atoms with Gasteiger partial charge in [0.25, 0.3) is 10.2 Å². The number of halogens is 1. The molecule has 0 amide bonds. The molecule has 0 saturated carbocycles. The van der Waals surface area contributed by atoms with Crippen molar-refractivity contribution in [3.63, 3.8) is 0 Å². The molecule has 0 N–H and O–H groups in total. The summed E-state index contributed by atoms with van der Waals surface area (Å²) in [5.41, 5.74) is 3.34. The zero-order chi connectivity index (χ0) is 19.9. The summed E-state index contributed by atoms with van der Waals surface area (Å²) in [5.74, 6) is 0.0613. The first kappa shape index (κ1) is 19.3. The first-order valence-corrected chi connectivity index (χ1v) is 10.9. The largest absolute Gasteiger partial charge is 0.297 e. The van der Waals surface area contributed by atoms with Crippen LogP contribution in [0.4, 0.5) is 0 Å². The van der Waals surface area contributed by atoms with E-state index in [0.29, 0.717) is 18.1 Å². The van der Waals surface area contributed by atoms with Crippen molar-refractivity contribution in [3.05, 3.63) is 53.4 Å². The Kier molecular flexibility index (Phi) is 5.13. The average Bonchev–Trinajstić information content (AvgIpc) is 3.11. The molecular formula is C19H22ClN5O2S. The molecule has 0 aromatic carbocycles. The summed E-state index contributed by atoms with van der Waals surface area (Å²) >= 11 is 6.14. The normalized spacial score (nSPS) is 18.8. The summed E-state index contributed by atoms with van der Waals surface area (Å²) in [5, 5.41) is 0.625. The molecule has 1 atom stereocenters. The van der Waals surface area contributed by atoms with Crippen molar-refractivity contribution in [1.29, 1.82) is 0 Å². The molecule has 1 unspecified atom stereocenters. The molecule has 9 heteroatoms. The average molecular weight is 420 g/mol. The quantitative estimate of drug-likeness (QED) is 0.651. The third-order valence-electron chi connectivity index (χ3n) is 5.09. The van der Waals surface area contributed by atoms with Gasteiger partial charge in [-0.1, -0.05) is 17.7 Å². The zero-order valence-corrected chi connectivity index (χ0v) is 17.4. The van der Waals surface area contributed by atoms with Gasteiger partial charge in [-0.3, -0.25) is 9.38 Å². The van der Waals surface area contributed by atoms with Crippen molar-refractivity contribution >= 4 is 27.5 Å². The summed E-state index contributed by atoms with van der Waals surface area (Å²) in [6.45, 7) is 0.985. The third kappa shape index (κ3) is 3.53. The number of hydrogen-bond donors (Lipinski definition) is 0. The Morgan fingerprint density at radius 1 is 1.21 bits per heavy atom. The first-order valence-electron chi connectivity index (χ1n) is 9.14. The SMILES string of the molecule is CN(C)S(=O)(=O)N1CCCC(c2cccc(-c3cnc4ccc(Cl)cn34)n2)C1. The predicted molar refractivity (Wildman–Crippen MR) is 110 cm³/mol. The molecule has 0 radical (unpaired) electrons. The van der Waals surface area contributed by atoms with Crippen molar-refractivity contribution in [2.75, 3.05) is 27.2 Å². The molecule has 148 valence electrons. The lowest BCUT2D eigenvalue weighted by Gasteiger charge is -2.33. The van der Waals surface area contributed by atoms with Crippen LogP contribution in [0, 0.1) is 0 Å². The molecule has 7 nitrogen and oxygen atoms in total. The van der Waals surface area contributed by atoms with Crippen LogP contribution in [0.2, 0.25) is 5.02 Å². The molecule has 4 rings (SSSR count). The highest BCUT2D eigenvalue weighted by Gasteiger charge is 2.31. The summed E-state index contributed by atoms with van der Waals surface area (Å²) in [6, 6.07) is 9.53. The van der Waals surface area contributed by atoms with Crippen molar-refractivity contribution in [3.8, 4) is 11.4 Å². The maximum absolute atomic E-state index is 12.5. The highest BCUT2D eigenvalue weighted by atomic mass is 35.5. The van der Waals surface area contributed by atoms with Crippen LogP contribution in [0.3, 0.4) is 0 Å². The van der Waals surface area contributed by atoms with E-state index in [1.165, 1.54) is 4.31 Å². The van der Waals surface area contributed by atoms with E-state index in [-0.39, 0.29) is 5.92 Å². The van der Waals surface area contributed by atoms with E-state index in [4.69, 9.17) is 16.6 Å². The molecule has 0 aliphatic carbocycles. The van der Waals surface area contributed by atoms with Crippen molar-refractivity contribution in [2.24, 2.45) is 0 Å². The highest BCUT2D eigenvalue weighted by Crippen LogP contribution is 2.29. The Bertz CT molecular complexity index is 1110. The Hall–Kier alpha value is -2.00. The molecule has 1 fully saturated rings. The van der Waals surface area contributed by atoms with Gasteiger partial charge in [0, 0.05) is 45.0 Å². The molecule has 28 heavy (non-hydrogen) atoms. The van der Waals surface area contributed by atoms with E-state index in [2.05, 4.69) is 4.98 Å². The van der Waals surface area contributed by atoms with Crippen LogP contribution in [-0.4, -0.2) is 58.6 Å². The summed E-state index contributed by atoms with van der Waals surface area (Å²) in [6.07, 6.45) is 5.32. The predicted octanol–water partition coefficient (Wildman–Crippen LogP) is 3.04. The molecule has 4 heterocycles. The molecule has 3 aromatic heterocycles. The molecule has 3 aromatic rings. The lowest BCUT2D eigenvalue weighted by atomic mass is 9.95. The highest BCUT2D eigenvalue weighted by molar-refractivity contribution is 7.86. The van der Waals surface area contributed by atoms with Gasteiger partial charge in [0.1, 0.15) is 5.65 Å². The second kappa shape index (κ2) is 7.44. The fourth-order valence-corrected chi connectivity index (χ4v) is 4.94. The number of hydrogen-bond acceptors (Lipinski definition) is 4. The van der Waals surface area contributed by atoms with Gasteiger partial charge >= 0.3 is 0 Å². The topological polar surface area (TPSA) is 70.8 Å². The number of fused-ring (bicyclic) bond motifs is 1. The molecule has 1 saturated heterocycles. The Morgan fingerprint density at radius 2 is 2.04 bits per heavy atom. The van der Waals surface area contributed by atoms with Crippen LogP contribution in [0.1, 0.15) is 24.5 Å². The second-order valence-corrected chi connectivity index (χ2v) is 9.73. The second-order valence-electron chi connectivity index (χ2n) is 7.15. The molecule has 0 spiro atoms. The van der Waals surface area contributed by atoms with Gasteiger partial charge in [0.2, 0.25) is 0 Å². The van der Waals surface area contributed by atoms with Gasteiger partial charge in [-0.15, -0.1) is 0 Å². The number of nitrogens with zero attached hydrogens (tertiary/aromatic N) is 5. The lowest BCUT2D eigenvalue weighted by molar-refractivity contribution is 0.296. The van der Waals surface area contributed by atoms with Crippen LogP contribution >= 0.6 is 11.6 Å². The monoisotopic (exact) mass is 419 g/mol. The van der Waals surface area contributed by atoms with Crippen LogP contribution in [-0.2, 0) is 10.2 Å². The molecular weight excluding hydrogens is 398 g/mol. The maximum atomic E-state index is 12.5. The molecule has 1 aliphatic heterocycles. The Labute approximate surface area is 169 Å². The van der Waals surface area contributed by atoms with E-state index in [0.717, 1.165) is 35.6 Å². The van der Waals surface area contributed by atoms with Crippen LogP contribution < -0.4 is 0 Å². The van der Waals surface area contributed by atoms with Crippen LogP contribution in [0.15, 0.2) is 42.7 Å². The van der Waals surface area contributed by atoms with Crippen LogP contribution in [0.25, 0.3) is 17.0 Å². The van der Waals surface area contributed by atoms with E-state index in [1.807, 2.05) is 34.9 Å². The fraction of sp³-hybridized carbons (Fsp3) is 0.368. The number of imidazole rings is 1. The molecule has 0 bridgehead atoms. The van der Waals surface area contributed by atoms with E-state index >= 15 is 0 Å². The van der Waals surface area contributed by atoms with E-state index < -0.39 is 10.2 Å². The Balaban J connectivity index is 1.66. The zero-order valence-electron chi connectivity index (χ0n) is 15.8. The summed E-state index contributed by atoms with van der Waals surface area (Å²) in [7, 11) is -0.291. The van der Waals surface area contributed by atoms with Crippen molar-refractivity contribution < 1.29 is 8.42 Å². The third-order valence-corrected chi connectivity index (χ3v) is 7.22. The summed E-state index contributed by atoms with van der Waals surface area (Å²) < 4.78 is 29.7. The van der Waals surface area contributed by atoms with Gasteiger partial charge in [-0.05, 0) is 37.1 Å². The van der Waals surface area contributed by atoms with Gasteiger partial charge in [0.15, 0.2) is 0 Å². The number of piperidine rings is 1.